The minimum absolute atomic E-state index is 0.206. The third-order valence-electron chi connectivity index (χ3n) is 6.04. The first-order chi connectivity index (χ1) is 13.1. The van der Waals surface area contributed by atoms with Crippen molar-refractivity contribution in [3.8, 4) is 0 Å². The number of carbonyl (C=O) groups excluding carboxylic acids is 3. The van der Waals surface area contributed by atoms with Crippen LogP contribution in [-0.2, 0) is 0 Å². The van der Waals surface area contributed by atoms with Crippen LogP contribution >= 0.6 is 0 Å². The third-order valence-corrected chi connectivity index (χ3v) is 6.04. The van der Waals surface area contributed by atoms with Crippen LogP contribution in [0.15, 0.2) is 18.2 Å². The van der Waals surface area contributed by atoms with E-state index in [0.717, 1.165) is 57.8 Å². The summed E-state index contributed by atoms with van der Waals surface area (Å²) in [4.78, 5) is 37.8. The van der Waals surface area contributed by atoms with Crippen molar-refractivity contribution in [1.29, 1.82) is 0 Å². The summed E-state index contributed by atoms with van der Waals surface area (Å²) in [6.45, 7) is 0. The summed E-state index contributed by atoms with van der Waals surface area (Å²) in [5.74, 6) is -0.637. The molecule has 0 heterocycles. The molecule has 6 nitrogen and oxygen atoms in total. The number of carbonyl (C=O) groups is 3. The molecule has 3 saturated carbocycles. The molecule has 0 spiro atoms. The summed E-state index contributed by atoms with van der Waals surface area (Å²) >= 11 is 0. The molecule has 0 aromatic heterocycles. The van der Waals surface area contributed by atoms with Gasteiger partial charge in [-0.2, -0.15) is 0 Å². The van der Waals surface area contributed by atoms with Crippen molar-refractivity contribution < 1.29 is 14.4 Å². The number of amides is 3. The van der Waals surface area contributed by atoms with Gasteiger partial charge in [0.1, 0.15) is 0 Å². The minimum atomic E-state index is -0.212. The second-order valence-corrected chi connectivity index (χ2v) is 8.10. The standard InChI is InChI=1S/C21H27N3O3/c25-19(22-16-4-1-5-16)13-10-14(20(26)23-17-6-2-7-17)12-15(11-13)21(27)24-18-8-3-9-18/h10-12,16-18H,1-9H2,(H,22,25)(H,23,26)(H,24,27). The summed E-state index contributed by atoms with van der Waals surface area (Å²) in [6, 6.07) is 5.42. The Hall–Kier alpha value is -2.37. The van der Waals surface area contributed by atoms with E-state index in [-0.39, 0.29) is 35.8 Å². The summed E-state index contributed by atoms with van der Waals surface area (Å²) < 4.78 is 0. The maximum absolute atomic E-state index is 12.6. The van der Waals surface area contributed by atoms with Gasteiger partial charge in [-0.15, -0.1) is 0 Å². The zero-order valence-electron chi connectivity index (χ0n) is 15.6. The number of benzene rings is 1. The predicted octanol–water partition coefficient (Wildman–Crippen LogP) is 2.53. The van der Waals surface area contributed by atoms with Gasteiger partial charge in [0.2, 0.25) is 0 Å². The highest BCUT2D eigenvalue weighted by atomic mass is 16.2. The van der Waals surface area contributed by atoms with Crippen LogP contribution in [0.4, 0.5) is 0 Å². The van der Waals surface area contributed by atoms with Crippen molar-refractivity contribution in [2.45, 2.75) is 75.9 Å². The Kier molecular flexibility index (Phi) is 5.14. The zero-order chi connectivity index (χ0) is 18.8. The highest BCUT2D eigenvalue weighted by Crippen LogP contribution is 2.22. The van der Waals surface area contributed by atoms with Crippen LogP contribution < -0.4 is 16.0 Å². The van der Waals surface area contributed by atoms with Gasteiger partial charge in [0.15, 0.2) is 0 Å². The van der Waals surface area contributed by atoms with Crippen LogP contribution in [0.25, 0.3) is 0 Å². The van der Waals surface area contributed by atoms with Crippen LogP contribution in [0.3, 0.4) is 0 Å². The van der Waals surface area contributed by atoms with E-state index in [1.807, 2.05) is 0 Å². The predicted molar refractivity (Wildman–Crippen MR) is 102 cm³/mol. The molecule has 1 aromatic rings. The molecule has 0 atom stereocenters. The summed E-state index contributed by atoms with van der Waals surface area (Å²) in [5, 5.41) is 8.97. The smallest absolute Gasteiger partial charge is 0.251 e. The van der Waals surface area contributed by atoms with Crippen LogP contribution in [0.2, 0.25) is 0 Å². The average molecular weight is 369 g/mol. The molecule has 144 valence electrons. The Balaban J connectivity index is 1.54. The van der Waals surface area contributed by atoms with Crippen LogP contribution in [0.1, 0.15) is 88.9 Å². The first-order valence-corrected chi connectivity index (χ1v) is 10.2. The Morgan fingerprint density at radius 2 is 0.815 bits per heavy atom. The van der Waals surface area contributed by atoms with Gasteiger partial charge in [0, 0.05) is 34.8 Å². The molecular weight excluding hydrogens is 342 g/mol. The summed E-state index contributed by atoms with van der Waals surface area (Å²) in [7, 11) is 0. The molecular formula is C21H27N3O3. The topological polar surface area (TPSA) is 87.3 Å². The lowest BCUT2D eigenvalue weighted by Gasteiger charge is -2.28. The molecule has 3 aliphatic rings. The highest BCUT2D eigenvalue weighted by Gasteiger charge is 2.25. The maximum atomic E-state index is 12.6. The summed E-state index contributed by atoms with van der Waals surface area (Å²) in [5.41, 5.74) is 1.13. The van der Waals surface area contributed by atoms with E-state index in [2.05, 4.69) is 16.0 Å². The van der Waals surface area contributed by atoms with Gasteiger partial charge in [0.05, 0.1) is 0 Å². The van der Waals surface area contributed by atoms with Gasteiger partial charge in [-0.25, -0.2) is 0 Å². The van der Waals surface area contributed by atoms with Crippen molar-refractivity contribution in [2.24, 2.45) is 0 Å². The molecule has 0 bridgehead atoms. The number of hydrogen-bond acceptors (Lipinski definition) is 3. The molecule has 4 rings (SSSR count). The molecule has 27 heavy (non-hydrogen) atoms. The van der Waals surface area contributed by atoms with Crippen LogP contribution in [-0.4, -0.2) is 35.8 Å². The normalized spacial score (nSPS) is 20.0. The lowest BCUT2D eigenvalue weighted by molar-refractivity contribution is 0.0916. The zero-order valence-corrected chi connectivity index (χ0v) is 15.6. The fraction of sp³-hybridized carbons (Fsp3) is 0.571. The van der Waals surface area contributed by atoms with Crippen molar-refractivity contribution in [2.75, 3.05) is 0 Å². The van der Waals surface area contributed by atoms with Gasteiger partial charge >= 0.3 is 0 Å². The van der Waals surface area contributed by atoms with Gasteiger partial charge < -0.3 is 16.0 Å². The Labute approximate surface area is 159 Å². The van der Waals surface area contributed by atoms with Gasteiger partial charge in [-0.3, -0.25) is 14.4 Å². The van der Waals surface area contributed by atoms with Gasteiger partial charge in [0.25, 0.3) is 17.7 Å². The molecule has 3 N–H and O–H groups in total. The van der Waals surface area contributed by atoms with Crippen molar-refractivity contribution in [3.63, 3.8) is 0 Å². The third kappa shape index (κ3) is 4.15. The summed E-state index contributed by atoms with van der Waals surface area (Å²) in [6.07, 6.45) is 9.32. The minimum Gasteiger partial charge on any atom is -0.349 e. The Bertz CT molecular complexity index is 637. The average Bonchev–Trinajstić information content (AvgIpc) is 2.56. The van der Waals surface area contributed by atoms with E-state index in [9.17, 15) is 14.4 Å². The molecule has 0 aliphatic heterocycles. The molecule has 0 unspecified atom stereocenters. The second kappa shape index (κ2) is 7.71. The van der Waals surface area contributed by atoms with E-state index >= 15 is 0 Å². The van der Waals surface area contributed by atoms with Crippen molar-refractivity contribution in [1.82, 2.24) is 16.0 Å². The first kappa shape index (κ1) is 18.0. The quantitative estimate of drug-likeness (QED) is 0.720. The monoisotopic (exact) mass is 369 g/mol. The fourth-order valence-corrected chi connectivity index (χ4v) is 3.48. The molecule has 0 saturated heterocycles. The second-order valence-electron chi connectivity index (χ2n) is 8.10. The Morgan fingerprint density at radius 3 is 1.00 bits per heavy atom. The van der Waals surface area contributed by atoms with Gasteiger partial charge in [-0.1, -0.05) is 0 Å². The fourth-order valence-electron chi connectivity index (χ4n) is 3.48. The molecule has 3 amide bonds. The molecule has 3 fully saturated rings. The van der Waals surface area contributed by atoms with Crippen molar-refractivity contribution in [3.05, 3.63) is 34.9 Å². The number of rotatable bonds is 6. The van der Waals surface area contributed by atoms with E-state index in [4.69, 9.17) is 0 Å². The lowest BCUT2D eigenvalue weighted by Crippen LogP contribution is -2.41. The largest absolute Gasteiger partial charge is 0.349 e. The van der Waals surface area contributed by atoms with Crippen LogP contribution in [0.5, 0.6) is 0 Å². The van der Waals surface area contributed by atoms with E-state index in [0.29, 0.717) is 16.7 Å². The van der Waals surface area contributed by atoms with Crippen LogP contribution in [0, 0.1) is 0 Å². The molecule has 3 aliphatic carbocycles. The molecule has 0 radical (unpaired) electrons. The van der Waals surface area contributed by atoms with E-state index in [1.54, 1.807) is 18.2 Å². The Morgan fingerprint density at radius 1 is 0.556 bits per heavy atom. The number of nitrogens with one attached hydrogen (secondary N) is 3. The molecule has 1 aromatic carbocycles. The van der Waals surface area contributed by atoms with Crippen molar-refractivity contribution >= 4 is 17.7 Å². The SMILES string of the molecule is O=C(NC1CCC1)c1cc(C(=O)NC2CCC2)cc(C(=O)NC2CCC2)c1. The lowest BCUT2D eigenvalue weighted by atomic mass is 9.91. The highest BCUT2D eigenvalue weighted by molar-refractivity contribution is 6.04. The first-order valence-electron chi connectivity index (χ1n) is 10.2. The van der Waals surface area contributed by atoms with E-state index in [1.165, 1.54) is 0 Å². The van der Waals surface area contributed by atoms with Gasteiger partial charge in [-0.05, 0) is 76.0 Å². The molecule has 6 heteroatoms. The number of hydrogen-bond donors (Lipinski definition) is 3. The maximum Gasteiger partial charge on any atom is 0.251 e. The van der Waals surface area contributed by atoms with E-state index < -0.39 is 0 Å².